The monoisotopic (exact) mass is 388 g/mol. The third-order valence-corrected chi connectivity index (χ3v) is 6.86. The Kier molecular flexibility index (Phi) is 7.24. The van der Waals surface area contributed by atoms with Crippen LogP contribution in [0.5, 0.6) is 0 Å². The molecule has 142 valence electrons. The van der Waals surface area contributed by atoms with E-state index in [9.17, 15) is 8.42 Å². The molecule has 1 aromatic rings. The summed E-state index contributed by atoms with van der Waals surface area (Å²) in [5.41, 5.74) is -0.193. The lowest BCUT2D eigenvalue weighted by Crippen LogP contribution is -2.42. The zero-order chi connectivity index (χ0) is 18.3. The summed E-state index contributed by atoms with van der Waals surface area (Å²) < 4.78 is 33.0. The van der Waals surface area contributed by atoms with E-state index in [1.54, 1.807) is 12.1 Å². The molecule has 1 fully saturated rings. The van der Waals surface area contributed by atoms with Gasteiger partial charge in [-0.2, -0.15) is 0 Å². The summed E-state index contributed by atoms with van der Waals surface area (Å²) in [5, 5.41) is 6.32. The highest BCUT2D eigenvalue weighted by Gasteiger charge is 2.29. The number of aliphatic imine (C=N–C) groups is 1. The number of nitrogens with one attached hydrogen (secondary N) is 3. The summed E-state index contributed by atoms with van der Waals surface area (Å²) in [6.45, 7) is 8.81. The van der Waals surface area contributed by atoms with Gasteiger partial charge in [-0.05, 0) is 45.7 Å². The molecule has 3 N–H and O–H groups in total. The number of rotatable bonds is 8. The second kappa shape index (κ2) is 8.98. The molecule has 0 aromatic carbocycles. The van der Waals surface area contributed by atoms with Crippen LogP contribution < -0.4 is 15.4 Å². The van der Waals surface area contributed by atoms with Crippen LogP contribution in [0.3, 0.4) is 0 Å². The molecule has 7 nitrogen and oxygen atoms in total. The number of sulfonamides is 1. The molecule has 2 rings (SSSR count). The Labute approximate surface area is 154 Å². The number of guanidine groups is 1. The van der Waals surface area contributed by atoms with Crippen LogP contribution in [0.1, 0.15) is 31.6 Å². The van der Waals surface area contributed by atoms with Crippen LogP contribution in [0.15, 0.2) is 21.3 Å². The van der Waals surface area contributed by atoms with Gasteiger partial charge in [-0.25, -0.2) is 13.1 Å². The topological polar surface area (TPSA) is 91.8 Å². The number of aryl methyl sites for hydroxylation is 1. The Hall–Kier alpha value is -1.16. The highest BCUT2D eigenvalue weighted by atomic mass is 32.2. The number of hydrogen-bond acceptors (Lipinski definition) is 5. The van der Waals surface area contributed by atoms with Gasteiger partial charge in [-0.15, -0.1) is 11.3 Å². The molecule has 0 radical (unpaired) electrons. The third kappa shape index (κ3) is 6.25. The first-order valence-electron chi connectivity index (χ1n) is 8.57. The lowest BCUT2D eigenvalue weighted by Gasteiger charge is -2.21. The van der Waals surface area contributed by atoms with Crippen molar-refractivity contribution in [3.05, 3.63) is 17.0 Å². The van der Waals surface area contributed by atoms with E-state index >= 15 is 0 Å². The van der Waals surface area contributed by atoms with Gasteiger partial charge in [0.2, 0.25) is 10.0 Å². The van der Waals surface area contributed by atoms with Crippen LogP contribution in [0, 0.1) is 6.92 Å². The maximum Gasteiger partial charge on any atom is 0.250 e. The minimum Gasteiger partial charge on any atom is -0.373 e. The van der Waals surface area contributed by atoms with Crippen LogP contribution >= 0.6 is 11.3 Å². The molecule has 1 unspecified atom stereocenters. The Morgan fingerprint density at radius 3 is 2.76 bits per heavy atom. The Bertz CT molecular complexity index is 679. The van der Waals surface area contributed by atoms with Gasteiger partial charge in [0, 0.05) is 31.1 Å². The second-order valence-electron chi connectivity index (χ2n) is 6.29. The van der Waals surface area contributed by atoms with E-state index in [1.807, 2.05) is 13.8 Å². The van der Waals surface area contributed by atoms with Crippen molar-refractivity contribution in [2.45, 2.75) is 43.4 Å². The molecule has 0 aliphatic carbocycles. The lowest BCUT2D eigenvalue weighted by molar-refractivity contribution is 0.0283. The first-order chi connectivity index (χ1) is 11.8. The summed E-state index contributed by atoms with van der Waals surface area (Å²) in [5.74, 6) is 0.672. The minimum atomic E-state index is -3.44. The molecule has 1 aliphatic heterocycles. The first-order valence-corrected chi connectivity index (χ1v) is 10.9. The van der Waals surface area contributed by atoms with Gasteiger partial charge < -0.3 is 15.4 Å². The molecule has 9 heteroatoms. The molecule has 0 spiro atoms. The first kappa shape index (κ1) is 20.2. The van der Waals surface area contributed by atoms with Gasteiger partial charge in [-0.1, -0.05) is 0 Å². The average Bonchev–Trinajstić information content (AvgIpc) is 3.18. The predicted molar refractivity (Wildman–Crippen MR) is 102 cm³/mol. The van der Waals surface area contributed by atoms with Gasteiger partial charge in [0.25, 0.3) is 0 Å². The van der Waals surface area contributed by atoms with Crippen LogP contribution in [0.4, 0.5) is 0 Å². The van der Waals surface area contributed by atoms with Gasteiger partial charge in [-0.3, -0.25) is 4.99 Å². The third-order valence-electron chi connectivity index (χ3n) is 3.91. The van der Waals surface area contributed by atoms with Crippen LogP contribution in [-0.4, -0.2) is 52.8 Å². The molecule has 25 heavy (non-hydrogen) atoms. The van der Waals surface area contributed by atoms with Crippen molar-refractivity contribution in [1.82, 2.24) is 15.4 Å². The Morgan fingerprint density at radius 1 is 1.36 bits per heavy atom. The summed E-state index contributed by atoms with van der Waals surface area (Å²) in [7, 11) is -3.44. The number of hydrogen-bond donors (Lipinski definition) is 3. The second-order valence-corrected chi connectivity index (χ2v) is 9.57. The van der Waals surface area contributed by atoms with E-state index in [2.05, 4.69) is 27.3 Å². The Balaban J connectivity index is 1.80. The SMILES string of the molecule is CCNC(=NCC1(C)CCCO1)NCCNS(=O)(=O)c1ccc(C)s1. The highest BCUT2D eigenvalue weighted by Crippen LogP contribution is 2.25. The maximum absolute atomic E-state index is 12.2. The van der Waals surface area contributed by atoms with Crippen LogP contribution in [-0.2, 0) is 14.8 Å². The van der Waals surface area contributed by atoms with E-state index in [4.69, 9.17) is 4.74 Å². The molecular weight excluding hydrogens is 360 g/mol. The van der Waals surface area contributed by atoms with E-state index in [-0.39, 0.29) is 12.1 Å². The summed E-state index contributed by atoms with van der Waals surface area (Å²) in [6, 6.07) is 3.43. The zero-order valence-electron chi connectivity index (χ0n) is 15.1. The molecular formula is C16H28N4O3S2. The summed E-state index contributed by atoms with van der Waals surface area (Å²) in [4.78, 5) is 5.53. The molecule has 0 saturated carbocycles. The fourth-order valence-electron chi connectivity index (χ4n) is 2.54. The van der Waals surface area contributed by atoms with Gasteiger partial charge in [0.1, 0.15) is 4.21 Å². The van der Waals surface area contributed by atoms with Gasteiger partial charge in [0.05, 0.1) is 12.1 Å². The fraction of sp³-hybridized carbons (Fsp3) is 0.688. The van der Waals surface area contributed by atoms with E-state index < -0.39 is 10.0 Å². The number of ether oxygens (including phenoxy) is 1. The van der Waals surface area contributed by atoms with Crippen molar-refractivity contribution in [3.63, 3.8) is 0 Å². The van der Waals surface area contributed by atoms with Crippen molar-refractivity contribution in [3.8, 4) is 0 Å². The molecule has 0 amide bonds. The van der Waals surface area contributed by atoms with Crippen molar-refractivity contribution in [1.29, 1.82) is 0 Å². The average molecular weight is 389 g/mol. The van der Waals surface area contributed by atoms with Crippen molar-refractivity contribution >= 4 is 27.3 Å². The van der Waals surface area contributed by atoms with Gasteiger partial charge >= 0.3 is 0 Å². The molecule has 2 heterocycles. The van der Waals surface area contributed by atoms with Crippen molar-refractivity contribution in [2.24, 2.45) is 4.99 Å². The van der Waals surface area contributed by atoms with E-state index in [0.29, 0.717) is 23.3 Å². The molecule has 1 aromatic heterocycles. The van der Waals surface area contributed by atoms with Gasteiger partial charge in [0.15, 0.2) is 5.96 Å². The molecule has 1 aliphatic rings. The van der Waals surface area contributed by atoms with E-state index in [1.165, 1.54) is 11.3 Å². The van der Waals surface area contributed by atoms with Crippen molar-refractivity contribution < 1.29 is 13.2 Å². The quantitative estimate of drug-likeness (QED) is 0.356. The number of thiophene rings is 1. The summed E-state index contributed by atoms with van der Waals surface area (Å²) in [6.07, 6.45) is 2.08. The maximum atomic E-state index is 12.2. The van der Waals surface area contributed by atoms with Crippen LogP contribution in [0.2, 0.25) is 0 Å². The Morgan fingerprint density at radius 2 is 2.16 bits per heavy atom. The van der Waals surface area contributed by atoms with Crippen LogP contribution in [0.25, 0.3) is 0 Å². The van der Waals surface area contributed by atoms with Crippen molar-refractivity contribution in [2.75, 3.05) is 32.8 Å². The molecule has 1 atom stereocenters. The number of nitrogens with zero attached hydrogens (tertiary/aromatic N) is 1. The molecule has 1 saturated heterocycles. The highest BCUT2D eigenvalue weighted by molar-refractivity contribution is 7.91. The smallest absolute Gasteiger partial charge is 0.250 e. The predicted octanol–water partition coefficient (Wildman–Crippen LogP) is 1.46. The normalized spacial score (nSPS) is 21.5. The molecule has 0 bridgehead atoms. The lowest BCUT2D eigenvalue weighted by atomic mass is 10.0. The van der Waals surface area contributed by atoms with E-state index in [0.717, 1.165) is 30.9 Å². The fourth-order valence-corrected chi connectivity index (χ4v) is 4.90. The minimum absolute atomic E-state index is 0.193. The standard InChI is InChI=1S/C16H28N4O3S2/c1-4-17-15(19-12-16(3)8-5-11-23-16)18-9-10-20-25(21,22)14-7-6-13(2)24-14/h6-7,20H,4-5,8-12H2,1-3H3,(H2,17,18,19). The largest absolute Gasteiger partial charge is 0.373 e. The summed E-state index contributed by atoms with van der Waals surface area (Å²) >= 11 is 1.27. The zero-order valence-corrected chi connectivity index (χ0v) is 16.7.